The van der Waals surface area contributed by atoms with E-state index in [4.69, 9.17) is 4.74 Å². The standard InChI is InChI=1S/C15H16N2O.BrH/c1-11-7-8-12-5-3-4-6-13(12)14(11)17(2)15-16-9-10-18-15;/h3-8H,9-10H2,1-2H3;1H. The van der Waals surface area contributed by atoms with Gasteiger partial charge in [-0.25, -0.2) is 4.99 Å². The number of halogens is 1. The molecule has 0 unspecified atom stereocenters. The fourth-order valence-corrected chi connectivity index (χ4v) is 2.43. The Kier molecular flexibility index (Phi) is 4.10. The highest BCUT2D eigenvalue weighted by atomic mass is 79.9. The van der Waals surface area contributed by atoms with Crippen LogP contribution in [0.4, 0.5) is 5.69 Å². The number of ether oxygens (including phenoxy) is 1. The van der Waals surface area contributed by atoms with Gasteiger partial charge >= 0.3 is 0 Å². The van der Waals surface area contributed by atoms with Gasteiger partial charge in [0.1, 0.15) is 6.61 Å². The molecule has 0 saturated heterocycles. The monoisotopic (exact) mass is 320 g/mol. The summed E-state index contributed by atoms with van der Waals surface area (Å²) in [5.74, 6) is 0. The van der Waals surface area contributed by atoms with Crippen LogP contribution in [0.2, 0.25) is 0 Å². The fraction of sp³-hybridized carbons (Fsp3) is 0.267. The Morgan fingerprint density at radius 3 is 2.68 bits per heavy atom. The van der Waals surface area contributed by atoms with Gasteiger partial charge in [0.15, 0.2) is 0 Å². The summed E-state index contributed by atoms with van der Waals surface area (Å²) >= 11 is 0. The SMILES string of the molecule is Br.Cc1ccc2ccccc2c1N(C)C1=NCCO1. The zero-order valence-electron chi connectivity index (χ0n) is 11.1. The minimum atomic E-state index is 0. The molecule has 0 fully saturated rings. The van der Waals surface area contributed by atoms with E-state index in [2.05, 4.69) is 48.3 Å². The van der Waals surface area contributed by atoms with E-state index in [0.717, 1.165) is 12.6 Å². The van der Waals surface area contributed by atoms with Gasteiger partial charge < -0.3 is 4.74 Å². The first-order chi connectivity index (χ1) is 8.77. The van der Waals surface area contributed by atoms with Gasteiger partial charge in [0, 0.05) is 12.4 Å². The number of amidine groups is 1. The molecule has 1 aliphatic rings. The lowest BCUT2D eigenvalue weighted by atomic mass is 10.0. The summed E-state index contributed by atoms with van der Waals surface area (Å²) < 4.78 is 5.55. The zero-order valence-corrected chi connectivity index (χ0v) is 12.8. The van der Waals surface area contributed by atoms with Gasteiger partial charge in [0.25, 0.3) is 6.02 Å². The first-order valence-corrected chi connectivity index (χ1v) is 6.17. The summed E-state index contributed by atoms with van der Waals surface area (Å²) in [7, 11) is 2.01. The minimum absolute atomic E-state index is 0. The Morgan fingerprint density at radius 2 is 1.95 bits per heavy atom. The van der Waals surface area contributed by atoms with Crippen LogP contribution in [0.1, 0.15) is 5.56 Å². The Balaban J connectivity index is 0.00000133. The van der Waals surface area contributed by atoms with Gasteiger partial charge in [0.2, 0.25) is 0 Å². The van der Waals surface area contributed by atoms with Crippen LogP contribution in [-0.4, -0.2) is 26.2 Å². The topological polar surface area (TPSA) is 24.8 Å². The minimum Gasteiger partial charge on any atom is -0.463 e. The summed E-state index contributed by atoms with van der Waals surface area (Å²) in [6.07, 6.45) is 0. The van der Waals surface area contributed by atoms with Gasteiger partial charge in [-0.1, -0.05) is 36.4 Å². The number of hydrogen-bond acceptors (Lipinski definition) is 3. The molecule has 100 valence electrons. The van der Waals surface area contributed by atoms with E-state index in [1.165, 1.54) is 22.0 Å². The second-order valence-corrected chi connectivity index (χ2v) is 4.52. The molecule has 0 aliphatic carbocycles. The number of benzene rings is 2. The van der Waals surface area contributed by atoms with E-state index in [0.29, 0.717) is 6.61 Å². The summed E-state index contributed by atoms with van der Waals surface area (Å²) in [4.78, 5) is 6.43. The summed E-state index contributed by atoms with van der Waals surface area (Å²) in [6.45, 7) is 3.56. The first kappa shape index (κ1) is 13.9. The van der Waals surface area contributed by atoms with Crippen molar-refractivity contribution in [2.45, 2.75) is 6.92 Å². The molecule has 0 aromatic heterocycles. The van der Waals surface area contributed by atoms with Gasteiger partial charge in [-0.2, -0.15) is 0 Å². The van der Waals surface area contributed by atoms with Crippen LogP contribution in [0.15, 0.2) is 41.4 Å². The third-order valence-corrected chi connectivity index (χ3v) is 3.29. The van der Waals surface area contributed by atoms with Crippen molar-refractivity contribution in [3.63, 3.8) is 0 Å². The van der Waals surface area contributed by atoms with Crippen molar-refractivity contribution in [3.8, 4) is 0 Å². The molecule has 0 atom stereocenters. The maximum absolute atomic E-state index is 5.55. The van der Waals surface area contributed by atoms with Gasteiger partial charge in [-0.15, -0.1) is 17.0 Å². The van der Waals surface area contributed by atoms with Crippen LogP contribution < -0.4 is 4.90 Å². The van der Waals surface area contributed by atoms with Crippen molar-refractivity contribution in [1.82, 2.24) is 0 Å². The molecule has 3 nitrogen and oxygen atoms in total. The van der Waals surface area contributed by atoms with E-state index in [1.807, 2.05) is 11.9 Å². The smallest absolute Gasteiger partial charge is 0.291 e. The lowest BCUT2D eigenvalue weighted by Crippen LogP contribution is -2.27. The number of nitrogens with zero attached hydrogens (tertiary/aromatic N) is 2. The number of aryl methyl sites for hydroxylation is 1. The quantitative estimate of drug-likeness (QED) is 0.802. The van der Waals surface area contributed by atoms with Crippen molar-refractivity contribution in [2.75, 3.05) is 25.1 Å². The van der Waals surface area contributed by atoms with E-state index < -0.39 is 0 Å². The summed E-state index contributed by atoms with van der Waals surface area (Å²) in [5.41, 5.74) is 2.41. The van der Waals surface area contributed by atoms with Crippen molar-refractivity contribution >= 4 is 39.5 Å². The van der Waals surface area contributed by atoms with Crippen LogP contribution in [0.5, 0.6) is 0 Å². The van der Waals surface area contributed by atoms with Crippen LogP contribution >= 0.6 is 17.0 Å². The summed E-state index contributed by atoms with van der Waals surface area (Å²) in [5, 5.41) is 2.47. The highest BCUT2D eigenvalue weighted by molar-refractivity contribution is 8.93. The Labute approximate surface area is 123 Å². The van der Waals surface area contributed by atoms with Gasteiger partial charge in [-0.3, -0.25) is 4.90 Å². The Morgan fingerprint density at radius 1 is 1.16 bits per heavy atom. The lowest BCUT2D eigenvalue weighted by Gasteiger charge is -2.22. The molecular formula is C15H17BrN2O. The number of fused-ring (bicyclic) bond motifs is 1. The maximum atomic E-state index is 5.55. The molecule has 1 heterocycles. The van der Waals surface area contributed by atoms with Crippen molar-refractivity contribution in [1.29, 1.82) is 0 Å². The van der Waals surface area contributed by atoms with Crippen LogP contribution in [0.25, 0.3) is 10.8 Å². The lowest BCUT2D eigenvalue weighted by molar-refractivity contribution is 0.340. The molecule has 0 saturated carbocycles. The van der Waals surface area contributed by atoms with Gasteiger partial charge in [0.05, 0.1) is 12.2 Å². The molecule has 0 N–H and O–H groups in total. The van der Waals surface area contributed by atoms with Crippen LogP contribution in [-0.2, 0) is 4.74 Å². The number of anilines is 1. The van der Waals surface area contributed by atoms with E-state index in [9.17, 15) is 0 Å². The molecule has 0 amide bonds. The molecule has 0 radical (unpaired) electrons. The van der Waals surface area contributed by atoms with Crippen LogP contribution in [0, 0.1) is 6.92 Å². The molecule has 3 rings (SSSR count). The molecule has 0 bridgehead atoms. The first-order valence-electron chi connectivity index (χ1n) is 6.17. The highest BCUT2D eigenvalue weighted by Gasteiger charge is 2.18. The van der Waals surface area contributed by atoms with E-state index in [-0.39, 0.29) is 17.0 Å². The highest BCUT2D eigenvalue weighted by Crippen LogP contribution is 2.30. The number of rotatable bonds is 1. The molecular weight excluding hydrogens is 304 g/mol. The second-order valence-electron chi connectivity index (χ2n) is 4.52. The normalized spacial score (nSPS) is 13.7. The van der Waals surface area contributed by atoms with E-state index in [1.54, 1.807) is 0 Å². The molecule has 2 aromatic carbocycles. The molecule has 19 heavy (non-hydrogen) atoms. The zero-order chi connectivity index (χ0) is 12.5. The molecule has 1 aliphatic heterocycles. The van der Waals surface area contributed by atoms with Crippen molar-refractivity contribution in [2.24, 2.45) is 4.99 Å². The Hall–Kier alpha value is -1.55. The predicted octanol–water partition coefficient (Wildman–Crippen LogP) is 3.55. The summed E-state index contributed by atoms with van der Waals surface area (Å²) in [6, 6.07) is 13.4. The number of hydrogen-bond donors (Lipinski definition) is 0. The second kappa shape index (κ2) is 5.61. The Bertz CT molecular complexity index is 625. The average Bonchev–Trinajstić information content (AvgIpc) is 2.92. The fourth-order valence-electron chi connectivity index (χ4n) is 2.43. The third kappa shape index (κ3) is 2.45. The van der Waals surface area contributed by atoms with Crippen molar-refractivity contribution in [3.05, 3.63) is 42.0 Å². The average molecular weight is 321 g/mol. The molecule has 2 aromatic rings. The van der Waals surface area contributed by atoms with Crippen molar-refractivity contribution < 1.29 is 4.74 Å². The van der Waals surface area contributed by atoms with Crippen LogP contribution in [0.3, 0.4) is 0 Å². The number of aliphatic imine (C=N–C) groups is 1. The van der Waals surface area contributed by atoms with E-state index >= 15 is 0 Å². The largest absolute Gasteiger partial charge is 0.463 e. The molecule has 0 spiro atoms. The van der Waals surface area contributed by atoms with Gasteiger partial charge in [-0.05, 0) is 17.9 Å². The predicted molar refractivity (Wildman–Crippen MR) is 85.7 cm³/mol. The molecule has 4 heteroatoms. The maximum Gasteiger partial charge on any atom is 0.291 e. The third-order valence-electron chi connectivity index (χ3n) is 3.29.